The number of likely N-dealkylation sites (tertiary alicyclic amines) is 1. The van der Waals surface area contributed by atoms with Gasteiger partial charge in [-0.15, -0.1) is 0 Å². The summed E-state index contributed by atoms with van der Waals surface area (Å²) in [6, 6.07) is -0.122. The second kappa shape index (κ2) is 2.68. The molecular formula is C7H13NO3S. The molecule has 2 saturated heterocycles. The lowest BCUT2D eigenvalue weighted by Gasteiger charge is -2.37. The van der Waals surface area contributed by atoms with Crippen LogP contribution in [0.4, 0.5) is 0 Å². The molecule has 5 heteroatoms. The maximum atomic E-state index is 11.1. The first-order valence-electron chi connectivity index (χ1n) is 4.21. The zero-order chi connectivity index (χ0) is 8.77. The standard InChI is InChI=1S/C7H13NO3S/c9-7-5-12(10,11)4-6(7)8-2-1-3-8/h6-7,9H,1-5H2/t6-,7-/m1/s1. The molecule has 2 atom stereocenters. The number of rotatable bonds is 1. The molecule has 12 heavy (non-hydrogen) atoms. The minimum Gasteiger partial charge on any atom is -0.390 e. The minimum absolute atomic E-state index is 0.0475. The lowest BCUT2D eigenvalue weighted by atomic mass is 10.1. The Morgan fingerprint density at radius 3 is 2.25 bits per heavy atom. The van der Waals surface area contributed by atoms with Gasteiger partial charge in [0.1, 0.15) is 0 Å². The topological polar surface area (TPSA) is 57.6 Å². The predicted molar refractivity (Wildman–Crippen MR) is 44.6 cm³/mol. The highest BCUT2D eigenvalue weighted by Gasteiger charge is 2.41. The second-order valence-electron chi connectivity index (χ2n) is 3.60. The molecule has 2 aliphatic rings. The molecule has 0 aromatic carbocycles. The fourth-order valence-electron chi connectivity index (χ4n) is 1.83. The highest BCUT2D eigenvalue weighted by Crippen LogP contribution is 2.22. The summed E-state index contributed by atoms with van der Waals surface area (Å²) < 4.78 is 22.2. The van der Waals surface area contributed by atoms with Crippen molar-refractivity contribution in [1.29, 1.82) is 0 Å². The first-order chi connectivity index (χ1) is 5.58. The zero-order valence-electron chi connectivity index (χ0n) is 6.81. The zero-order valence-corrected chi connectivity index (χ0v) is 7.63. The smallest absolute Gasteiger partial charge is 0.154 e. The summed E-state index contributed by atoms with van der Waals surface area (Å²) in [5.41, 5.74) is 0. The molecule has 0 saturated carbocycles. The Hall–Kier alpha value is -0.130. The summed E-state index contributed by atoms with van der Waals surface area (Å²) in [4.78, 5) is 2.05. The van der Waals surface area contributed by atoms with Crippen molar-refractivity contribution < 1.29 is 13.5 Å². The first kappa shape index (κ1) is 8.47. The van der Waals surface area contributed by atoms with Crippen LogP contribution in [0, 0.1) is 0 Å². The molecule has 2 rings (SSSR count). The largest absolute Gasteiger partial charge is 0.390 e. The summed E-state index contributed by atoms with van der Waals surface area (Å²) in [5, 5.41) is 9.44. The Labute approximate surface area is 72.1 Å². The molecule has 0 unspecified atom stereocenters. The van der Waals surface area contributed by atoms with Crippen LogP contribution in [0.1, 0.15) is 6.42 Å². The minimum atomic E-state index is -2.96. The SMILES string of the molecule is O=S1(=O)C[C@@H](O)[C@H](N2CCC2)C1. The van der Waals surface area contributed by atoms with Crippen LogP contribution in [0.25, 0.3) is 0 Å². The van der Waals surface area contributed by atoms with E-state index in [1.54, 1.807) is 0 Å². The molecule has 0 spiro atoms. The molecule has 0 aromatic heterocycles. The van der Waals surface area contributed by atoms with Gasteiger partial charge in [0.2, 0.25) is 0 Å². The number of nitrogens with zero attached hydrogens (tertiary/aromatic N) is 1. The molecule has 2 fully saturated rings. The Balaban J connectivity index is 2.08. The van der Waals surface area contributed by atoms with Crippen LogP contribution in [-0.4, -0.2) is 55.2 Å². The van der Waals surface area contributed by atoms with E-state index >= 15 is 0 Å². The van der Waals surface area contributed by atoms with Crippen LogP contribution >= 0.6 is 0 Å². The van der Waals surface area contributed by atoms with Crippen LogP contribution < -0.4 is 0 Å². The second-order valence-corrected chi connectivity index (χ2v) is 5.75. The first-order valence-corrected chi connectivity index (χ1v) is 6.03. The normalized spacial score (nSPS) is 41.1. The molecule has 0 aromatic rings. The van der Waals surface area contributed by atoms with Gasteiger partial charge in [0.25, 0.3) is 0 Å². The Bertz CT molecular complexity index is 270. The summed E-state index contributed by atoms with van der Waals surface area (Å²) >= 11 is 0. The molecule has 0 bridgehead atoms. The van der Waals surface area contributed by atoms with Crippen molar-refractivity contribution in [3.63, 3.8) is 0 Å². The van der Waals surface area contributed by atoms with Crippen molar-refractivity contribution in [3.8, 4) is 0 Å². The maximum Gasteiger partial charge on any atom is 0.154 e. The lowest BCUT2D eigenvalue weighted by molar-refractivity contribution is 0.0452. The fourth-order valence-corrected chi connectivity index (χ4v) is 3.66. The summed E-state index contributed by atoms with van der Waals surface area (Å²) in [6.07, 6.45) is 0.471. The Morgan fingerprint density at radius 1 is 1.25 bits per heavy atom. The average Bonchev–Trinajstić information content (AvgIpc) is 2.01. The third-order valence-corrected chi connectivity index (χ3v) is 4.35. The molecule has 0 aliphatic carbocycles. The van der Waals surface area contributed by atoms with E-state index in [-0.39, 0.29) is 17.5 Å². The van der Waals surface area contributed by atoms with Crippen LogP contribution in [0.3, 0.4) is 0 Å². The number of hydrogen-bond donors (Lipinski definition) is 1. The van der Waals surface area contributed by atoms with E-state index in [4.69, 9.17) is 0 Å². The van der Waals surface area contributed by atoms with Gasteiger partial charge < -0.3 is 5.11 Å². The van der Waals surface area contributed by atoms with Crippen molar-refractivity contribution in [2.24, 2.45) is 0 Å². The van der Waals surface area contributed by atoms with E-state index in [0.717, 1.165) is 19.5 Å². The molecule has 70 valence electrons. The van der Waals surface area contributed by atoms with Gasteiger partial charge in [0.15, 0.2) is 9.84 Å². The van der Waals surface area contributed by atoms with Crippen LogP contribution in [0.5, 0.6) is 0 Å². The van der Waals surface area contributed by atoms with Gasteiger partial charge in [-0.3, -0.25) is 4.90 Å². The van der Waals surface area contributed by atoms with Gasteiger partial charge in [0, 0.05) is 0 Å². The van der Waals surface area contributed by atoms with Crippen molar-refractivity contribution in [2.45, 2.75) is 18.6 Å². The molecule has 0 amide bonds. The number of sulfone groups is 1. The van der Waals surface area contributed by atoms with Crippen molar-refractivity contribution in [2.75, 3.05) is 24.6 Å². The maximum absolute atomic E-state index is 11.1. The van der Waals surface area contributed by atoms with Gasteiger partial charge in [-0.05, 0) is 19.5 Å². The summed E-state index contributed by atoms with van der Waals surface area (Å²) in [5.74, 6) is 0.0995. The van der Waals surface area contributed by atoms with Crippen molar-refractivity contribution in [3.05, 3.63) is 0 Å². The van der Waals surface area contributed by atoms with Crippen molar-refractivity contribution in [1.82, 2.24) is 4.90 Å². The monoisotopic (exact) mass is 191 g/mol. The quantitative estimate of drug-likeness (QED) is 0.568. The number of aliphatic hydroxyl groups excluding tert-OH is 1. The molecule has 1 N–H and O–H groups in total. The summed E-state index contributed by atoms with van der Waals surface area (Å²) in [6.45, 7) is 1.88. The van der Waals surface area contributed by atoms with Gasteiger partial charge in [-0.2, -0.15) is 0 Å². The predicted octanol–water partition coefficient (Wildman–Crippen LogP) is -1.15. The highest BCUT2D eigenvalue weighted by molar-refractivity contribution is 7.91. The van der Waals surface area contributed by atoms with Gasteiger partial charge in [-0.25, -0.2) is 8.42 Å². The fraction of sp³-hybridized carbons (Fsp3) is 1.00. The van der Waals surface area contributed by atoms with E-state index in [0.29, 0.717) is 0 Å². The Kier molecular flexibility index (Phi) is 1.89. The Morgan fingerprint density at radius 2 is 1.92 bits per heavy atom. The van der Waals surface area contributed by atoms with Gasteiger partial charge >= 0.3 is 0 Å². The van der Waals surface area contributed by atoms with Gasteiger partial charge in [0.05, 0.1) is 23.7 Å². The van der Waals surface area contributed by atoms with Crippen LogP contribution in [0.15, 0.2) is 0 Å². The number of aliphatic hydroxyl groups is 1. The van der Waals surface area contributed by atoms with E-state index in [1.807, 2.05) is 0 Å². The van der Waals surface area contributed by atoms with Gasteiger partial charge in [-0.1, -0.05) is 0 Å². The summed E-state index contributed by atoms with van der Waals surface area (Å²) in [7, 11) is -2.96. The highest BCUT2D eigenvalue weighted by atomic mass is 32.2. The van der Waals surface area contributed by atoms with E-state index in [9.17, 15) is 13.5 Å². The van der Waals surface area contributed by atoms with E-state index in [2.05, 4.69) is 4.90 Å². The number of hydrogen-bond acceptors (Lipinski definition) is 4. The molecule has 4 nitrogen and oxygen atoms in total. The van der Waals surface area contributed by atoms with Crippen LogP contribution in [0.2, 0.25) is 0 Å². The lowest BCUT2D eigenvalue weighted by Crippen LogP contribution is -2.50. The van der Waals surface area contributed by atoms with Crippen LogP contribution in [-0.2, 0) is 9.84 Å². The molecular weight excluding hydrogens is 178 g/mol. The van der Waals surface area contributed by atoms with E-state index < -0.39 is 15.9 Å². The molecule has 0 radical (unpaired) electrons. The molecule has 2 aliphatic heterocycles. The third-order valence-electron chi connectivity index (χ3n) is 2.65. The van der Waals surface area contributed by atoms with E-state index in [1.165, 1.54) is 0 Å². The average molecular weight is 191 g/mol. The molecule has 2 heterocycles. The third kappa shape index (κ3) is 1.36. The van der Waals surface area contributed by atoms with Crippen molar-refractivity contribution >= 4 is 9.84 Å².